The summed E-state index contributed by atoms with van der Waals surface area (Å²) >= 11 is 0. The number of methoxy groups -OCH3 is 1. The van der Waals surface area contributed by atoms with Gasteiger partial charge in [-0.15, -0.1) is 0 Å². The van der Waals surface area contributed by atoms with E-state index in [0.29, 0.717) is 5.92 Å². The lowest BCUT2D eigenvalue weighted by molar-refractivity contribution is 0.149. The quantitative estimate of drug-likeness (QED) is 0.526. The van der Waals surface area contributed by atoms with Gasteiger partial charge in [-0.2, -0.15) is 5.10 Å². The number of hydrazine groups is 1. The molecule has 0 saturated heterocycles. The highest BCUT2D eigenvalue weighted by Gasteiger charge is 2.15. The third kappa shape index (κ3) is 4.93. The van der Waals surface area contributed by atoms with E-state index in [9.17, 15) is 0 Å². The number of ether oxygens (including phenoxy) is 1. The van der Waals surface area contributed by atoms with Crippen LogP contribution in [0.5, 0.6) is 0 Å². The van der Waals surface area contributed by atoms with Crippen LogP contribution in [-0.4, -0.2) is 29.5 Å². The number of rotatable bonds is 9. The number of hydrogen-bond donors (Lipinski definition) is 2. The predicted molar refractivity (Wildman–Crippen MR) is 77.8 cm³/mol. The maximum absolute atomic E-state index is 5.68. The molecule has 0 aromatic carbocycles. The summed E-state index contributed by atoms with van der Waals surface area (Å²) in [7, 11) is 1.74. The van der Waals surface area contributed by atoms with Crippen molar-refractivity contribution >= 4 is 0 Å². The first-order valence-electron chi connectivity index (χ1n) is 7.15. The van der Waals surface area contributed by atoms with Gasteiger partial charge in [-0.3, -0.25) is 16.0 Å². The minimum Gasteiger partial charge on any atom is -0.384 e. The first kappa shape index (κ1) is 16.1. The van der Waals surface area contributed by atoms with Gasteiger partial charge in [-0.25, -0.2) is 0 Å². The zero-order valence-electron chi connectivity index (χ0n) is 12.6. The SMILES string of the molecule is CCc1cc(CC(CC(C)COC)NN)n(CC)n1. The number of hydrogen-bond acceptors (Lipinski definition) is 4. The highest BCUT2D eigenvalue weighted by atomic mass is 16.5. The summed E-state index contributed by atoms with van der Waals surface area (Å²) in [4.78, 5) is 0. The van der Waals surface area contributed by atoms with E-state index < -0.39 is 0 Å². The maximum atomic E-state index is 5.68. The zero-order chi connectivity index (χ0) is 14.3. The Hall–Kier alpha value is -0.910. The van der Waals surface area contributed by atoms with Crippen molar-refractivity contribution in [3.63, 3.8) is 0 Å². The summed E-state index contributed by atoms with van der Waals surface area (Å²) in [5.74, 6) is 6.17. The molecule has 0 saturated carbocycles. The van der Waals surface area contributed by atoms with Crippen molar-refractivity contribution in [3.8, 4) is 0 Å². The van der Waals surface area contributed by atoms with E-state index in [1.807, 2.05) is 0 Å². The lowest BCUT2D eigenvalue weighted by Crippen LogP contribution is -2.39. The first-order chi connectivity index (χ1) is 9.14. The Labute approximate surface area is 116 Å². The minimum atomic E-state index is 0.261. The molecule has 0 aliphatic heterocycles. The molecule has 5 nitrogen and oxygen atoms in total. The molecule has 0 spiro atoms. The van der Waals surface area contributed by atoms with Crippen LogP contribution < -0.4 is 11.3 Å². The molecule has 1 aromatic rings. The molecule has 2 unspecified atom stereocenters. The van der Waals surface area contributed by atoms with Crippen molar-refractivity contribution in [2.75, 3.05) is 13.7 Å². The van der Waals surface area contributed by atoms with E-state index >= 15 is 0 Å². The first-order valence-corrected chi connectivity index (χ1v) is 7.15. The number of aryl methyl sites for hydroxylation is 2. The summed E-state index contributed by atoms with van der Waals surface area (Å²) in [6, 6.07) is 2.45. The number of nitrogens with zero attached hydrogens (tertiary/aromatic N) is 2. The molecule has 0 aliphatic rings. The van der Waals surface area contributed by atoms with Gasteiger partial charge in [0.15, 0.2) is 0 Å². The number of aromatic nitrogens is 2. The summed E-state index contributed by atoms with van der Waals surface area (Å²) in [6.45, 7) is 8.11. The van der Waals surface area contributed by atoms with Crippen molar-refractivity contribution in [1.82, 2.24) is 15.2 Å². The second-order valence-corrected chi connectivity index (χ2v) is 5.16. The van der Waals surface area contributed by atoms with Crippen LogP contribution in [0.4, 0.5) is 0 Å². The summed E-state index contributed by atoms with van der Waals surface area (Å²) in [5, 5.41) is 4.57. The van der Waals surface area contributed by atoms with Crippen LogP contribution in [0, 0.1) is 5.92 Å². The summed E-state index contributed by atoms with van der Waals surface area (Å²) in [6.07, 6.45) is 2.88. The molecular weight excluding hydrogens is 240 g/mol. The molecule has 110 valence electrons. The molecule has 5 heteroatoms. The fourth-order valence-corrected chi connectivity index (χ4v) is 2.43. The van der Waals surface area contributed by atoms with Crippen molar-refractivity contribution in [1.29, 1.82) is 0 Å². The number of nitrogens with one attached hydrogen (secondary N) is 1. The Morgan fingerprint density at radius 3 is 2.74 bits per heavy atom. The molecule has 0 amide bonds. The normalized spacial score (nSPS) is 14.6. The molecule has 1 rings (SSSR count). The summed E-state index contributed by atoms with van der Waals surface area (Å²) in [5.41, 5.74) is 5.33. The van der Waals surface area contributed by atoms with E-state index in [-0.39, 0.29) is 6.04 Å². The Morgan fingerprint density at radius 2 is 2.21 bits per heavy atom. The minimum absolute atomic E-state index is 0.261. The van der Waals surface area contributed by atoms with Crippen LogP contribution in [0.25, 0.3) is 0 Å². The molecule has 0 bridgehead atoms. The Kier molecular flexibility index (Phi) is 7.05. The maximum Gasteiger partial charge on any atom is 0.0624 e. The van der Waals surface area contributed by atoms with Crippen molar-refractivity contribution < 1.29 is 4.74 Å². The van der Waals surface area contributed by atoms with Gasteiger partial charge in [0.1, 0.15) is 0 Å². The molecule has 1 aromatic heterocycles. The fraction of sp³-hybridized carbons (Fsp3) is 0.786. The second kappa shape index (κ2) is 8.30. The van der Waals surface area contributed by atoms with Gasteiger partial charge in [0.2, 0.25) is 0 Å². The van der Waals surface area contributed by atoms with Crippen LogP contribution in [0.15, 0.2) is 6.07 Å². The molecule has 1 heterocycles. The average Bonchev–Trinajstić information content (AvgIpc) is 2.80. The Balaban J connectivity index is 2.66. The van der Waals surface area contributed by atoms with Gasteiger partial charge in [0.05, 0.1) is 5.69 Å². The molecule has 0 aliphatic carbocycles. The van der Waals surface area contributed by atoms with E-state index in [1.54, 1.807) is 7.11 Å². The molecule has 0 fully saturated rings. The van der Waals surface area contributed by atoms with Gasteiger partial charge >= 0.3 is 0 Å². The smallest absolute Gasteiger partial charge is 0.0624 e. The highest BCUT2D eigenvalue weighted by Crippen LogP contribution is 2.13. The monoisotopic (exact) mass is 268 g/mol. The Bertz CT molecular complexity index is 364. The molecule has 3 N–H and O–H groups in total. The van der Waals surface area contributed by atoms with Crippen LogP contribution in [0.3, 0.4) is 0 Å². The largest absolute Gasteiger partial charge is 0.384 e. The van der Waals surface area contributed by atoms with Gasteiger partial charge < -0.3 is 4.74 Å². The van der Waals surface area contributed by atoms with Crippen molar-refractivity contribution in [3.05, 3.63) is 17.5 Å². The van der Waals surface area contributed by atoms with Crippen LogP contribution >= 0.6 is 0 Å². The lowest BCUT2D eigenvalue weighted by atomic mass is 9.99. The molecule has 19 heavy (non-hydrogen) atoms. The van der Waals surface area contributed by atoms with Crippen LogP contribution in [0.1, 0.15) is 38.6 Å². The van der Waals surface area contributed by atoms with E-state index in [2.05, 4.69) is 42.0 Å². The molecule has 0 radical (unpaired) electrons. The van der Waals surface area contributed by atoms with Gasteiger partial charge in [0, 0.05) is 38.4 Å². The van der Waals surface area contributed by atoms with E-state index in [1.165, 1.54) is 5.69 Å². The van der Waals surface area contributed by atoms with Crippen LogP contribution in [-0.2, 0) is 24.1 Å². The average molecular weight is 268 g/mol. The lowest BCUT2D eigenvalue weighted by Gasteiger charge is -2.20. The second-order valence-electron chi connectivity index (χ2n) is 5.16. The Morgan fingerprint density at radius 1 is 1.47 bits per heavy atom. The third-order valence-corrected chi connectivity index (χ3v) is 3.41. The number of nitrogens with two attached hydrogens (primary N) is 1. The molecular formula is C14H28N4O. The van der Waals surface area contributed by atoms with Crippen LogP contribution in [0.2, 0.25) is 0 Å². The van der Waals surface area contributed by atoms with Crippen molar-refractivity contribution in [2.24, 2.45) is 11.8 Å². The predicted octanol–water partition coefficient (Wildman–Crippen LogP) is 1.51. The third-order valence-electron chi connectivity index (χ3n) is 3.41. The van der Waals surface area contributed by atoms with Gasteiger partial charge in [0.25, 0.3) is 0 Å². The van der Waals surface area contributed by atoms with Gasteiger partial charge in [-0.1, -0.05) is 13.8 Å². The zero-order valence-corrected chi connectivity index (χ0v) is 12.6. The topological polar surface area (TPSA) is 65.1 Å². The van der Waals surface area contributed by atoms with Gasteiger partial charge in [-0.05, 0) is 31.7 Å². The standard InChI is InChI=1S/C14H28N4O/c1-5-12-8-14(18(6-2)17-12)9-13(16-15)7-11(3)10-19-4/h8,11,13,16H,5-7,9-10,15H2,1-4H3. The van der Waals surface area contributed by atoms with E-state index in [4.69, 9.17) is 10.6 Å². The fourth-order valence-electron chi connectivity index (χ4n) is 2.43. The molecule has 2 atom stereocenters. The highest BCUT2D eigenvalue weighted by molar-refractivity contribution is 5.12. The van der Waals surface area contributed by atoms with Crippen molar-refractivity contribution in [2.45, 2.75) is 52.6 Å². The van der Waals surface area contributed by atoms with E-state index in [0.717, 1.165) is 38.1 Å². The summed E-state index contributed by atoms with van der Waals surface area (Å²) < 4.78 is 7.25.